The Kier molecular flexibility index (Phi) is 44.3. The van der Waals surface area contributed by atoms with E-state index in [9.17, 15) is 59.1 Å². The fourth-order valence-corrected chi connectivity index (χ4v) is 12.0. The number of halogens is 5. The third kappa shape index (κ3) is 33.0. The molecule has 0 bridgehead atoms. The number of nitrogens with zero attached hydrogens (tertiary/aromatic N) is 19. The van der Waals surface area contributed by atoms with Crippen molar-refractivity contribution in [3.63, 3.8) is 0 Å². The maximum Gasteiger partial charge on any atom is 0.358 e. The minimum absolute atomic E-state index is 0. The largest absolute Gasteiger partial charge is 0.476 e. The third-order valence-electron chi connectivity index (χ3n) is 16.8. The number of aliphatic hydroxyl groups is 1. The molecule has 7 heterocycles. The molecule has 44 heteroatoms. The highest BCUT2D eigenvalue weighted by atomic mass is 127. The number of nitro groups is 3. The van der Waals surface area contributed by atoms with Gasteiger partial charge in [-0.3, -0.25) is 74.8 Å². The molecule has 0 saturated carbocycles. The number of ether oxygens (including phenoxy) is 3. The minimum atomic E-state index is -1.19. The average Bonchev–Trinajstić information content (AvgIpc) is 0.818. The lowest BCUT2D eigenvalue weighted by Gasteiger charge is -2.17. The Labute approximate surface area is 778 Å². The van der Waals surface area contributed by atoms with Crippen molar-refractivity contribution >= 4 is 228 Å². The van der Waals surface area contributed by atoms with Crippen LogP contribution in [-0.2, 0) is 14.2 Å². The second-order valence-corrected chi connectivity index (χ2v) is 29.1. The number of aliphatic hydroxyl groups excluding tert-OH is 1. The fourth-order valence-electron chi connectivity index (χ4n) is 10.6. The molecular weight excluding hydrogens is 2030 g/mol. The average molecular weight is 2120 g/mol. The number of carbonyl (C=O) groups excluding carboxylic acids is 5. The molecule has 0 aliphatic carbocycles. The van der Waals surface area contributed by atoms with Gasteiger partial charge in [-0.2, -0.15) is 0 Å². The molecule has 0 aliphatic heterocycles. The van der Waals surface area contributed by atoms with Crippen molar-refractivity contribution in [1.82, 2.24) is 90.2 Å². The smallest absolute Gasteiger partial charge is 0.358 e. The molecule has 7 aromatic carbocycles. The summed E-state index contributed by atoms with van der Waals surface area (Å²) >= 11 is 6.66. The molecule has 2 amide bonds. The Morgan fingerprint density at radius 3 is 0.929 bits per heavy atom. The number of benzene rings is 7. The van der Waals surface area contributed by atoms with E-state index in [2.05, 4.69) is 186 Å². The van der Waals surface area contributed by atoms with Gasteiger partial charge in [0.15, 0.2) is 22.8 Å². The number of hydrogen-bond donors (Lipinski definition) is 5. The first kappa shape index (κ1) is 105. The fraction of sp³-hybridized carbons (Fsp3) is 0.253. The Morgan fingerprint density at radius 1 is 0.378 bits per heavy atom. The predicted molar refractivity (Wildman–Crippen MR) is 506 cm³/mol. The summed E-state index contributed by atoms with van der Waals surface area (Å²) in [6.07, 6.45) is 9.79. The maximum absolute atomic E-state index is 12.1. The van der Waals surface area contributed by atoms with E-state index >= 15 is 0 Å². The number of carboxylic acids is 1. The standard InChI is InChI=1S/2C15H19IN4O.C11H9IN2O2.C11H9N3O4.C11H11N3O2.C9H5N3O4.C9H7N3O2.C2H6O.2ClH/c2*1-3-20(4-2)8-7-17-15(21)14-10-18-13-9-11(16)5-6-12(13)19-14;1-2-16-11(15)10-6-13-9-5-7(12)3-4-8(9)14-10;1-2-18-11(15)10-6-12-9-5-7(14(16)17)3-4-8(9)13-10;1-2-16-11(15)10-6-13-9-5-7(12)3-4-8(9)14-10;13-9(14)8-4-10-7-3-5(12(15)16)1-2-6(7)11-8;1-6-5-10-9-4-7(12(13)14)2-3-8(9)11-6;1-2-3;;/h2*5-6,9-10H,3-4,7-8H2,1-2H3,(H,17,21);3-6H,2H2,1H3;3-6H,2H2,1H3;3-6H,2,12H2,1H3;1-4H,(H,13,14);2-5H,1H3;3H,2H2,1H3;2*1H. The quantitative estimate of drug-likeness (QED) is 0.0105. The molecule has 0 fully saturated rings. The van der Waals surface area contributed by atoms with Crippen molar-refractivity contribution in [3.05, 3.63) is 252 Å². The second kappa shape index (κ2) is 53.7. The lowest BCUT2D eigenvalue weighted by molar-refractivity contribution is -0.384. The Bertz CT molecular complexity index is 5920. The van der Waals surface area contributed by atoms with Crippen molar-refractivity contribution in [2.75, 3.05) is 84.5 Å². The molecule has 0 aliphatic rings. The van der Waals surface area contributed by atoms with Gasteiger partial charge in [-0.25, -0.2) is 54.1 Å². The van der Waals surface area contributed by atoms with Crippen LogP contribution in [0.5, 0.6) is 0 Å². The van der Waals surface area contributed by atoms with E-state index in [1.165, 1.54) is 79.5 Å². The number of nitro benzene ring substituents is 3. The van der Waals surface area contributed by atoms with Crippen LogP contribution in [0.15, 0.2) is 171 Å². The van der Waals surface area contributed by atoms with Crippen LogP contribution in [0.3, 0.4) is 0 Å². The normalized spacial score (nSPS) is 10.3. The van der Waals surface area contributed by atoms with Crippen LogP contribution in [0.25, 0.3) is 77.2 Å². The summed E-state index contributed by atoms with van der Waals surface area (Å²) in [6, 6.07) is 34.8. The maximum atomic E-state index is 12.1. The van der Waals surface area contributed by atoms with Gasteiger partial charge >= 0.3 is 23.9 Å². The van der Waals surface area contributed by atoms with Crippen molar-refractivity contribution in [1.29, 1.82) is 0 Å². The van der Waals surface area contributed by atoms with Crippen LogP contribution in [0, 0.1) is 48.0 Å². The number of amides is 2. The summed E-state index contributed by atoms with van der Waals surface area (Å²) in [5.74, 6) is -2.99. The van der Waals surface area contributed by atoms with E-state index in [4.69, 9.17) is 30.2 Å². The number of rotatable bonds is 22. The lowest BCUT2D eigenvalue weighted by Crippen LogP contribution is -2.35. The van der Waals surface area contributed by atoms with Crippen LogP contribution >= 0.6 is 92.6 Å². The first-order valence-electron chi connectivity index (χ1n) is 38.3. The molecule has 666 valence electrons. The van der Waals surface area contributed by atoms with Crippen LogP contribution in [0.2, 0.25) is 0 Å². The Morgan fingerprint density at radius 2 is 0.630 bits per heavy atom. The van der Waals surface area contributed by atoms with Gasteiger partial charge in [0.05, 0.1) is 155 Å². The molecule has 14 rings (SSSR count). The monoisotopic (exact) mass is 2110 g/mol. The first-order chi connectivity index (χ1) is 59.9. The highest BCUT2D eigenvalue weighted by molar-refractivity contribution is 14.1. The number of hydrogen-bond acceptors (Lipinski definition) is 33. The molecule has 6 N–H and O–H groups in total. The van der Waals surface area contributed by atoms with Crippen LogP contribution in [-0.4, -0.2) is 219 Å². The Hall–Kier alpha value is -12.6. The molecular formula is C83H87Cl2I3N22O17. The highest BCUT2D eigenvalue weighted by Gasteiger charge is 2.18. The van der Waals surface area contributed by atoms with Crippen molar-refractivity contribution in [2.45, 2.75) is 62.3 Å². The summed E-state index contributed by atoms with van der Waals surface area (Å²) in [5.41, 5.74) is 16.4. The third-order valence-corrected chi connectivity index (χ3v) is 18.8. The Balaban J connectivity index is 0.000000262. The predicted octanol–water partition coefficient (Wildman–Crippen LogP) is 14.1. The molecule has 0 unspecified atom stereocenters. The van der Waals surface area contributed by atoms with E-state index in [0.717, 1.165) is 89.5 Å². The van der Waals surface area contributed by atoms with Gasteiger partial charge in [-0.05, 0) is 220 Å². The molecule has 14 aromatic rings. The summed E-state index contributed by atoms with van der Waals surface area (Å²) in [5, 5.41) is 53.6. The van der Waals surface area contributed by atoms with E-state index in [0.29, 0.717) is 93.0 Å². The lowest BCUT2D eigenvalue weighted by atomic mass is 10.2. The van der Waals surface area contributed by atoms with Crippen molar-refractivity contribution < 1.29 is 68.0 Å². The number of aryl methyl sites for hydroxylation is 1. The number of nitrogens with one attached hydrogen (secondary N) is 2. The molecule has 0 atom stereocenters. The summed E-state index contributed by atoms with van der Waals surface area (Å²) in [6.45, 7) is 25.2. The van der Waals surface area contributed by atoms with E-state index < -0.39 is 38.6 Å². The summed E-state index contributed by atoms with van der Waals surface area (Å²) in [4.78, 5) is 161. The molecule has 0 saturated heterocycles. The van der Waals surface area contributed by atoms with Gasteiger partial charge in [0.25, 0.3) is 28.9 Å². The number of aromatic carboxylic acids is 1. The van der Waals surface area contributed by atoms with Crippen LogP contribution in [0.4, 0.5) is 22.7 Å². The van der Waals surface area contributed by atoms with Crippen LogP contribution < -0.4 is 16.4 Å². The van der Waals surface area contributed by atoms with Gasteiger partial charge in [0.2, 0.25) is 0 Å². The van der Waals surface area contributed by atoms with Gasteiger partial charge in [0, 0.05) is 91.8 Å². The highest BCUT2D eigenvalue weighted by Crippen LogP contribution is 2.23. The number of aromatic nitrogens is 14. The van der Waals surface area contributed by atoms with Gasteiger partial charge < -0.3 is 50.6 Å². The zero-order valence-electron chi connectivity index (χ0n) is 69.7. The summed E-state index contributed by atoms with van der Waals surface area (Å²) in [7, 11) is 0. The van der Waals surface area contributed by atoms with Crippen molar-refractivity contribution in [3.8, 4) is 0 Å². The van der Waals surface area contributed by atoms with E-state index in [-0.39, 0.29) is 89.7 Å². The number of carboxylic acid groups (broad SMARTS) is 1. The number of nitrogens with two attached hydrogens (primary N) is 1. The van der Waals surface area contributed by atoms with E-state index in [1.54, 1.807) is 58.2 Å². The molecule has 7 aromatic heterocycles. The molecule has 0 radical (unpaired) electrons. The second-order valence-electron chi connectivity index (χ2n) is 25.3. The number of non-ortho nitro benzene ring substituents is 3. The van der Waals surface area contributed by atoms with Gasteiger partial charge in [-0.15, -0.1) is 24.8 Å². The molecule has 39 nitrogen and oxygen atoms in total. The first-order valence-corrected chi connectivity index (χ1v) is 41.6. The SMILES string of the molecule is CCN(CC)CCNC(=O)c1cnc2cc(I)ccc2n1.CCN(CC)CCNC(=O)c1cnc2cc(I)ccc2n1.CCO.CCOC(=O)c1cnc2cc(I)ccc2n1.CCOC(=O)c1cnc2cc(N)ccc2n1.CCOC(=O)c1cnc2cc([N+](=O)[O-])ccc2n1.Cc1cnc2cc([N+](=O)[O-])ccc2n1.Cl.Cl.O=C(O)c1cnc2cc([N+](=O)[O-])ccc2n1. The zero-order chi connectivity index (χ0) is 91.2. The molecule has 127 heavy (non-hydrogen) atoms. The van der Waals surface area contributed by atoms with Gasteiger partial charge in [-0.1, -0.05) is 27.7 Å². The number of esters is 3. The zero-order valence-corrected chi connectivity index (χ0v) is 77.8. The van der Waals surface area contributed by atoms with Crippen LogP contribution in [0.1, 0.15) is 124 Å². The summed E-state index contributed by atoms with van der Waals surface area (Å²) < 4.78 is 17.8. The molecule has 0 spiro atoms. The number of nitrogen functional groups attached to an aromatic ring is 1. The number of carbonyl (C=O) groups is 6. The number of likely N-dealkylation sites (N-methyl/N-ethyl adjacent to an activating group) is 2. The van der Waals surface area contributed by atoms with E-state index in [1.807, 2.05) is 61.5 Å². The number of anilines is 1. The minimum Gasteiger partial charge on any atom is -0.476 e. The van der Waals surface area contributed by atoms with Crippen molar-refractivity contribution in [2.24, 2.45) is 0 Å². The topological polar surface area (TPSA) is 537 Å². The van der Waals surface area contributed by atoms with Gasteiger partial charge in [0.1, 0.15) is 11.4 Å². The number of fused-ring (bicyclic) bond motifs is 7.